The topological polar surface area (TPSA) is 203 Å². The van der Waals surface area contributed by atoms with Gasteiger partial charge in [0.2, 0.25) is 29.5 Å². The lowest BCUT2D eigenvalue weighted by Gasteiger charge is -2.22. The maximum absolute atomic E-state index is 12.7. The Morgan fingerprint density at radius 1 is 0.816 bits per heavy atom. The number of phenols is 1. The zero-order chi connectivity index (χ0) is 29.0. The van der Waals surface area contributed by atoms with E-state index >= 15 is 0 Å². The second kappa shape index (κ2) is 15.2. The summed E-state index contributed by atoms with van der Waals surface area (Å²) in [6.07, 6.45) is 0.643. The van der Waals surface area contributed by atoms with Gasteiger partial charge in [0.1, 0.15) is 29.9 Å². The minimum absolute atomic E-state index is 0.0499. The van der Waals surface area contributed by atoms with Crippen LogP contribution in [0.5, 0.6) is 5.75 Å². The maximum Gasteiger partial charge on any atom is 0.326 e. The van der Waals surface area contributed by atoms with Crippen molar-refractivity contribution in [2.45, 2.75) is 71.6 Å². The number of aliphatic carboxylic acids is 1. The molecule has 0 spiro atoms. The molecule has 0 bridgehead atoms. The highest BCUT2D eigenvalue weighted by atomic mass is 16.4. The molecular formula is C25H37N5O8. The summed E-state index contributed by atoms with van der Waals surface area (Å²) in [5, 5.41) is 30.8. The van der Waals surface area contributed by atoms with Crippen LogP contribution in [-0.4, -0.2) is 76.4 Å². The van der Waals surface area contributed by atoms with E-state index < -0.39 is 66.2 Å². The van der Waals surface area contributed by atoms with Crippen LogP contribution in [-0.2, 0) is 35.2 Å². The van der Waals surface area contributed by atoms with Crippen molar-refractivity contribution in [3.63, 3.8) is 0 Å². The summed E-state index contributed by atoms with van der Waals surface area (Å²) in [6.45, 7) is 7.02. The molecule has 38 heavy (non-hydrogen) atoms. The zero-order valence-corrected chi connectivity index (χ0v) is 22.2. The third kappa shape index (κ3) is 10.8. The average molecular weight is 536 g/mol. The summed E-state index contributed by atoms with van der Waals surface area (Å²) < 4.78 is 0. The highest BCUT2D eigenvalue weighted by Crippen LogP contribution is 2.12. The fourth-order valence-corrected chi connectivity index (χ4v) is 3.33. The van der Waals surface area contributed by atoms with Gasteiger partial charge in [0.15, 0.2) is 0 Å². The highest BCUT2D eigenvalue weighted by molar-refractivity contribution is 5.95. The minimum atomic E-state index is -1.18. The quantitative estimate of drug-likeness (QED) is 0.160. The van der Waals surface area contributed by atoms with E-state index in [9.17, 15) is 39.0 Å². The summed E-state index contributed by atoms with van der Waals surface area (Å²) >= 11 is 0. The molecular weight excluding hydrogens is 498 g/mol. The lowest BCUT2D eigenvalue weighted by Crippen LogP contribution is -2.56. The van der Waals surface area contributed by atoms with Crippen molar-refractivity contribution < 1.29 is 39.0 Å². The monoisotopic (exact) mass is 535 g/mol. The first-order valence-corrected chi connectivity index (χ1v) is 12.2. The predicted octanol–water partition coefficient (Wildman–Crippen LogP) is -0.819. The first-order valence-electron chi connectivity index (χ1n) is 12.2. The molecule has 5 atom stereocenters. The molecule has 0 aliphatic rings. The number of hydrogen-bond donors (Lipinski definition) is 7. The van der Waals surface area contributed by atoms with Crippen LogP contribution in [0.4, 0.5) is 0 Å². The lowest BCUT2D eigenvalue weighted by molar-refractivity contribution is -0.143. The van der Waals surface area contributed by atoms with Gasteiger partial charge < -0.3 is 36.8 Å². The molecule has 210 valence electrons. The van der Waals surface area contributed by atoms with Crippen LogP contribution < -0.4 is 26.6 Å². The number of aromatic hydroxyl groups is 1. The van der Waals surface area contributed by atoms with E-state index in [2.05, 4.69) is 26.6 Å². The van der Waals surface area contributed by atoms with Gasteiger partial charge in [-0.05, 0) is 37.5 Å². The largest absolute Gasteiger partial charge is 0.508 e. The van der Waals surface area contributed by atoms with Crippen LogP contribution in [0.3, 0.4) is 0 Å². The number of amides is 5. The second-order valence-electron chi connectivity index (χ2n) is 9.07. The summed E-state index contributed by atoms with van der Waals surface area (Å²) in [5.41, 5.74) is 0.668. The number of nitrogens with one attached hydrogen (secondary N) is 5. The Morgan fingerprint density at radius 3 is 1.89 bits per heavy atom. The number of benzene rings is 1. The summed E-state index contributed by atoms with van der Waals surface area (Å²) in [7, 11) is 0. The SMILES string of the molecule is CC[C@H](C)[C@H](NC(=O)CNC(=O)[C@H](C)NC(=O)[C@H](C)NC(=O)[C@H](Cc1ccc(O)cc1)NC(C)=O)C(=O)O. The molecule has 0 heterocycles. The van der Waals surface area contributed by atoms with Crippen LogP contribution in [0.2, 0.25) is 0 Å². The first-order chi connectivity index (χ1) is 17.7. The number of carbonyl (C=O) groups excluding carboxylic acids is 5. The van der Waals surface area contributed by atoms with E-state index in [0.717, 1.165) is 0 Å². The molecule has 13 heteroatoms. The Morgan fingerprint density at radius 2 is 1.37 bits per heavy atom. The molecule has 0 unspecified atom stereocenters. The highest BCUT2D eigenvalue weighted by Gasteiger charge is 2.27. The molecule has 13 nitrogen and oxygen atoms in total. The smallest absolute Gasteiger partial charge is 0.326 e. The van der Waals surface area contributed by atoms with Gasteiger partial charge >= 0.3 is 5.97 Å². The van der Waals surface area contributed by atoms with Crippen molar-refractivity contribution in [3.8, 4) is 5.75 Å². The van der Waals surface area contributed by atoms with Crippen molar-refractivity contribution in [1.82, 2.24) is 26.6 Å². The van der Waals surface area contributed by atoms with Crippen molar-refractivity contribution in [1.29, 1.82) is 0 Å². The van der Waals surface area contributed by atoms with Gasteiger partial charge in [-0.2, -0.15) is 0 Å². The Bertz CT molecular complexity index is 1010. The molecule has 1 aromatic rings. The number of carbonyl (C=O) groups is 6. The maximum atomic E-state index is 12.7. The van der Waals surface area contributed by atoms with Crippen LogP contribution in [0.15, 0.2) is 24.3 Å². The van der Waals surface area contributed by atoms with Crippen LogP contribution >= 0.6 is 0 Å². The summed E-state index contributed by atoms with van der Waals surface area (Å²) in [6, 6.07) is 1.87. The third-order valence-electron chi connectivity index (χ3n) is 5.79. The molecule has 0 aliphatic carbocycles. The molecule has 0 aromatic heterocycles. The van der Waals surface area contributed by atoms with E-state index in [-0.39, 0.29) is 18.1 Å². The fraction of sp³-hybridized carbons (Fsp3) is 0.520. The third-order valence-corrected chi connectivity index (χ3v) is 5.79. The van der Waals surface area contributed by atoms with E-state index in [1.54, 1.807) is 26.0 Å². The number of carboxylic acids is 1. The summed E-state index contributed by atoms with van der Waals surface area (Å²) in [5.74, 6) is -4.58. The normalized spacial score (nSPS) is 14.6. The lowest BCUT2D eigenvalue weighted by atomic mass is 9.99. The average Bonchev–Trinajstić information content (AvgIpc) is 2.85. The zero-order valence-electron chi connectivity index (χ0n) is 22.2. The molecule has 0 aliphatic heterocycles. The molecule has 7 N–H and O–H groups in total. The van der Waals surface area contributed by atoms with Gasteiger partial charge in [0.05, 0.1) is 6.54 Å². The first kappa shape index (κ1) is 31.9. The molecule has 0 fully saturated rings. The van der Waals surface area contributed by atoms with Gasteiger partial charge in [-0.1, -0.05) is 32.4 Å². The van der Waals surface area contributed by atoms with Crippen molar-refractivity contribution >= 4 is 35.5 Å². The van der Waals surface area contributed by atoms with Crippen molar-refractivity contribution in [2.24, 2.45) is 5.92 Å². The van der Waals surface area contributed by atoms with Gasteiger partial charge in [-0.15, -0.1) is 0 Å². The number of hydrogen-bond acceptors (Lipinski definition) is 7. The van der Waals surface area contributed by atoms with Crippen LogP contribution in [0.1, 0.15) is 46.6 Å². The summed E-state index contributed by atoms with van der Waals surface area (Å²) in [4.78, 5) is 72.6. The standard InChI is InChI=1S/C25H37N5O8/c1-6-13(2)21(25(37)38)30-20(33)12-26-22(34)14(3)27-23(35)15(4)28-24(36)19(29-16(5)31)11-17-7-9-18(32)10-8-17/h7-10,13-15,19,21,32H,6,11-12H2,1-5H3,(H,26,34)(H,27,35)(H,28,36)(H,29,31)(H,30,33)(H,37,38)/t13-,14-,15-,19-,21-/m0/s1. The van der Waals surface area contributed by atoms with E-state index in [1.807, 2.05) is 0 Å². The Kier molecular flexibility index (Phi) is 12.7. The van der Waals surface area contributed by atoms with E-state index in [0.29, 0.717) is 12.0 Å². The molecule has 1 rings (SSSR count). The number of phenolic OH excluding ortho intramolecular Hbond substituents is 1. The molecule has 5 amide bonds. The van der Waals surface area contributed by atoms with Gasteiger partial charge in [-0.25, -0.2) is 4.79 Å². The molecule has 0 saturated heterocycles. The van der Waals surface area contributed by atoms with E-state index in [1.165, 1.54) is 32.9 Å². The Balaban J connectivity index is 2.63. The van der Waals surface area contributed by atoms with Crippen molar-refractivity contribution in [2.75, 3.05) is 6.54 Å². The van der Waals surface area contributed by atoms with E-state index in [4.69, 9.17) is 0 Å². The molecule has 0 saturated carbocycles. The van der Waals surface area contributed by atoms with Crippen LogP contribution in [0, 0.1) is 5.92 Å². The number of rotatable bonds is 14. The Hall–Kier alpha value is -4.16. The van der Waals surface area contributed by atoms with Crippen molar-refractivity contribution in [3.05, 3.63) is 29.8 Å². The van der Waals surface area contributed by atoms with Gasteiger partial charge in [0, 0.05) is 13.3 Å². The van der Waals surface area contributed by atoms with Gasteiger partial charge in [0.25, 0.3) is 0 Å². The molecule has 1 aromatic carbocycles. The molecule has 0 radical (unpaired) electrons. The predicted molar refractivity (Wildman–Crippen MR) is 137 cm³/mol. The minimum Gasteiger partial charge on any atom is -0.508 e. The number of carboxylic acid groups (broad SMARTS) is 1. The fourth-order valence-electron chi connectivity index (χ4n) is 3.33. The van der Waals surface area contributed by atoms with Gasteiger partial charge in [-0.3, -0.25) is 24.0 Å². The van der Waals surface area contributed by atoms with Crippen LogP contribution in [0.25, 0.3) is 0 Å². The second-order valence-corrected chi connectivity index (χ2v) is 9.07. The Labute approximate surface area is 221 Å².